The number of carbonyl (C=O) groups excluding carboxylic acids is 3. The molecule has 2 saturated heterocycles. The molecule has 0 spiro atoms. The molecule has 2 atom stereocenters. The van der Waals surface area contributed by atoms with E-state index in [1.165, 1.54) is 6.92 Å². The highest BCUT2D eigenvalue weighted by atomic mass is 32.2. The summed E-state index contributed by atoms with van der Waals surface area (Å²) in [7, 11) is 0. The number of fused-ring (bicyclic) bond motifs is 2. The Morgan fingerprint density at radius 2 is 1.50 bits per heavy atom. The molecule has 7 nitrogen and oxygen atoms in total. The maximum Gasteiger partial charge on any atom is 0.338 e. The first-order chi connectivity index (χ1) is 19.4. The van der Waals surface area contributed by atoms with Crippen LogP contribution in [-0.4, -0.2) is 47.5 Å². The van der Waals surface area contributed by atoms with Gasteiger partial charge in [-0.15, -0.1) is 11.8 Å². The molecule has 5 rings (SSSR count). The molecule has 0 aliphatic carbocycles. The van der Waals surface area contributed by atoms with Gasteiger partial charge in [0.2, 0.25) is 5.91 Å². The van der Waals surface area contributed by atoms with Crippen LogP contribution < -0.4 is 10.1 Å². The van der Waals surface area contributed by atoms with Gasteiger partial charge in [-0.2, -0.15) is 0 Å². The van der Waals surface area contributed by atoms with Crippen molar-refractivity contribution >= 4 is 35.2 Å². The van der Waals surface area contributed by atoms with Crippen molar-refractivity contribution in [3.63, 3.8) is 0 Å². The quantitative estimate of drug-likeness (QED) is 0.244. The average molecular weight is 559 g/mol. The van der Waals surface area contributed by atoms with E-state index in [1.807, 2.05) is 60.7 Å². The average Bonchev–Trinajstić information content (AvgIpc) is 3.22. The zero-order valence-electron chi connectivity index (χ0n) is 22.8. The number of benzene rings is 3. The van der Waals surface area contributed by atoms with Gasteiger partial charge in [-0.3, -0.25) is 9.59 Å². The van der Waals surface area contributed by atoms with Gasteiger partial charge in [-0.25, -0.2) is 4.79 Å². The van der Waals surface area contributed by atoms with Crippen LogP contribution in [-0.2, 0) is 15.3 Å². The van der Waals surface area contributed by atoms with Crippen LogP contribution in [0.5, 0.6) is 5.75 Å². The molecule has 0 radical (unpaired) electrons. The van der Waals surface area contributed by atoms with E-state index in [-0.39, 0.29) is 36.0 Å². The van der Waals surface area contributed by atoms with Crippen LogP contribution in [0.3, 0.4) is 0 Å². The molecule has 3 aromatic rings. The summed E-state index contributed by atoms with van der Waals surface area (Å²) >= 11 is 1.71. The molecule has 2 aliphatic heterocycles. The van der Waals surface area contributed by atoms with Gasteiger partial charge in [0.05, 0.1) is 12.2 Å². The number of hydrogen-bond acceptors (Lipinski definition) is 6. The standard InChI is InChI=1S/C32H34N2O5S/c1-3-38-32(37)24-8-14-28(15-9-24)39-29-18-26-12-13-27(19-29)34(26)31(36)23-6-4-22(5-7-23)20-40-30-16-10-25(11-17-30)33-21(2)35/h4-11,14-17,26-27,29H,3,12-13,18-20H2,1-2H3,(H,33,35). The van der Waals surface area contributed by atoms with Gasteiger partial charge < -0.3 is 19.7 Å². The zero-order valence-corrected chi connectivity index (χ0v) is 23.6. The Balaban J connectivity index is 1.14. The van der Waals surface area contributed by atoms with E-state index in [0.717, 1.165) is 58.9 Å². The first-order valence-electron chi connectivity index (χ1n) is 13.8. The second-order valence-electron chi connectivity index (χ2n) is 10.2. The normalized spacial score (nSPS) is 19.6. The van der Waals surface area contributed by atoms with Crippen LogP contribution in [0.25, 0.3) is 0 Å². The lowest BCUT2D eigenvalue weighted by Crippen LogP contribution is -2.49. The summed E-state index contributed by atoms with van der Waals surface area (Å²) < 4.78 is 11.3. The number of nitrogens with one attached hydrogen (secondary N) is 1. The van der Waals surface area contributed by atoms with Crippen molar-refractivity contribution in [3.05, 3.63) is 89.5 Å². The summed E-state index contributed by atoms with van der Waals surface area (Å²) in [5.74, 6) is 1.20. The lowest BCUT2D eigenvalue weighted by atomic mass is 9.98. The van der Waals surface area contributed by atoms with Gasteiger partial charge in [0.1, 0.15) is 11.9 Å². The Morgan fingerprint density at radius 3 is 2.10 bits per heavy atom. The molecule has 0 aromatic heterocycles. The molecule has 2 aliphatic rings. The molecular weight excluding hydrogens is 524 g/mol. The number of nitrogens with zero attached hydrogens (tertiary/aromatic N) is 1. The second kappa shape index (κ2) is 12.6. The SMILES string of the molecule is CCOC(=O)c1ccc(OC2CC3CCC(C2)N3C(=O)c2ccc(CSc3ccc(NC(C)=O)cc3)cc2)cc1. The lowest BCUT2D eigenvalue weighted by Gasteiger charge is -2.39. The maximum atomic E-state index is 13.5. The van der Waals surface area contributed by atoms with Crippen molar-refractivity contribution in [1.29, 1.82) is 0 Å². The summed E-state index contributed by atoms with van der Waals surface area (Å²) in [5, 5.41) is 2.78. The van der Waals surface area contributed by atoms with Gasteiger partial charge in [0.15, 0.2) is 0 Å². The third kappa shape index (κ3) is 6.67. The van der Waals surface area contributed by atoms with E-state index in [0.29, 0.717) is 12.2 Å². The van der Waals surface area contributed by atoms with Gasteiger partial charge in [0, 0.05) is 53.7 Å². The smallest absolute Gasteiger partial charge is 0.338 e. The summed E-state index contributed by atoms with van der Waals surface area (Å²) in [6.45, 7) is 3.63. The lowest BCUT2D eigenvalue weighted by molar-refractivity contribution is -0.114. The van der Waals surface area contributed by atoms with Crippen LogP contribution in [0.2, 0.25) is 0 Å². The summed E-state index contributed by atoms with van der Waals surface area (Å²) in [6.07, 6.45) is 3.64. The highest BCUT2D eigenvalue weighted by Crippen LogP contribution is 2.38. The van der Waals surface area contributed by atoms with Crippen LogP contribution in [0, 0.1) is 0 Å². The molecule has 2 amide bonds. The van der Waals surface area contributed by atoms with Crippen LogP contribution >= 0.6 is 11.8 Å². The van der Waals surface area contributed by atoms with Crippen LogP contribution in [0.1, 0.15) is 65.8 Å². The third-order valence-electron chi connectivity index (χ3n) is 7.37. The van der Waals surface area contributed by atoms with Crippen molar-refractivity contribution in [2.75, 3.05) is 11.9 Å². The van der Waals surface area contributed by atoms with Crippen LogP contribution in [0.15, 0.2) is 77.7 Å². The Bertz CT molecular complexity index is 1330. The first kappa shape index (κ1) is 27.8. The molecule has 2 heterocycles. The fourth-order valence-electron chi connectivity index (χ4n) is 5.53. The summed E-state index contributed by atoms with van der Waals surface area (Å²) in [4.78, 5) is 39.8. The highest BCUT2D eigenvalue weighted by molar-refractivity contribution is 7.98. The minimum atomic E-state index is -0.333. The Labute approximate surface area is 239 Å². The fourth-order valence-corrected chi connectivity index (χ4v) is 6.38. The van der Waals surface area contributed by atoms with Crippen molar-refractivity contribution < 1.29 is 23.9 Å². The number of carbonyl (C=O) groups is 3. The largest absolute Gasteiger partial charge is 0.490 e. The number of thioether (sulfide) groups is 1. The summed E-state index contributed by atoms with van der Waals surface area (Å²) in [6, 6.07) is 23.1. The topological polar surface area (TPSA) is 84.9 Å². The molecule has 208 valence electrons. The molecule has 40 heavy (non-hydrogen) atoms. The van der Waals surface area contributed by atoms with E-state index < -0.39 is 0 Å². The first-order valence-corrected chi connectivity index (χ1v) is 14.7. The fraction of sp³-hybridized carbons (Fsp3) is 0.344. The number of esters is 1. The molecule has 3 aromatic carbocycles. The minimum Gasteiger partial charge on any atom is -0.490 e. The number of ether oxygens (including phenoxy) is 2. The molecular formula is C32H34N2O5S. The number of hydrogen-bond donors (Lipinski definition) is 1. The summed E-state index contributed by atoms with van der Waals surface area (Å²) in [5.41, 5.74) is 3.17. The molecule has 8 heteroatoms. The number of rotatable bonds is 9. The van der Waals surface area contributed by atoms with Gasteiger partial charge in [0.25, 0.3) is 5.91 Å². The predicted molar refractivity (Wildman–Crippen MR) is 156 cm³/mol. The Kier molecular flexibility index (Phi) is 8.75. The number of amides is 2. The maximum absolute atomic E-state index is 13.5. The zero-order chi connectivity index (χ0) is 28.1. The third-order valence-corrected chi connectivity index (χ3v) is 8.46. The van der Waals surface area contributed by atoms with Gasteiger partial charge in [-0.05, 0) is 86.0 Å². The van der Waals surface area contributed by atoms with E-state index in [9.17, 15) is 14.4 Å². The van der Waals surface area contributed by atoms with E-state index in [1.54, 1.807) is 30.8 Å². The van der Waals surface area contributed by atoms with Crippen molar-refractivity contribution in [1.82, 2.24) is 4.90 Å². The predicted octanol–water partition coefficient (Wildman–Crippen LogP) is 6.33. The van der Waals surface area contributed by atoms with Gasteiger partial charge in [-0.1, -0.05) is 12.1 Å². The minimum absolute atomic E-state index is 0.0432. The second-order valence-corrected chi connectivity index (χ2v) is 11.3. The Morgan fingerprint density at radius 1 is 0.875 bits per heavy atom. The van der Waals surface area contributed by atoms with Crippen molar-refractivity contribution in [2.45, 2.75) is 68.4 Å². The molecule has 0 saturated carbocycles. The number of piperidine rings is 1. The van der Waals surface area contributed by atoms with Crippen molar-refractivity contribution in [3.8, 4) is 5.75 Å². The van der Waals surface area contributed by atoms with E-state index in [2.05, 4.69) is 10.2 Å². The Hall–Kier alpha value is -3.78. The van der Waals surface area contributed by atoms with E-state index in [4.69, 9.17) is 9.47 Å². The van der Waals surface area contributed by atoms with Crippen LogP contribution in [0.4, 0.5) is 5.69 Å². The number of anilines is 1. The molecule has 2 bridgehead atoms. The molecule has 1 N–H and O–H groups in total. The van der Waals surface area contributed by atoms with Crippen molar-refractivity contribution in [2.24, 2.45) is 0 Å². The van der Waals surface area contributed by atoms with E-state index >= 15 is 0 Å². The van der Waals surface area contributed by atoms with Gasteiger partial charge >= 0.3 is 5.97 Å². The highest BCUT2D eigenvalue weighted by Gasteiger charge is 2.44. The molecule has 2 fully saturated rings. The molecule has 2 unspecified atom stereocenters. The monoisotopic (exact) mass is 558 g/mol.